The Morgan fingerprint density at radius 2 is 2.14 bits per heavy atom. The van der Waals surface area contributed by atoms with Crippen LogP contribution in [0.2, 0.25) is 5.02 Å². The van der Waals surface area contributed by atoms with E-state index >= 15 is 0 Å². The Morgan fingerprint density at radius 1 is 1.33 bits per heavy atom. The molecule has 2 aromatic rings. The van der Waals surface area contributed by atoms with E-state index in [2.05, 4.69) is 22.2 Å². The first-order chi connectivity index (χ1) is 10.3. The van der Waals surface area contributed by atoms with Gasteiger partial charge in [0.05, 0.1) is 11.4 Å². The van der Waals surface area contributed by atoms with Crippen molar-refractivity contribution >= 4 is 17.3 Å². The van der Waals surface area contributed by atoms with Crippen LogP contribution < -0.4 is 5.32 Å². The number of halogens is 1. The molecule has 4 nitrogen and oxygen atoms in total. The number of hydrogen-bond donors (Lipinski definition) is 1. The van der Waals surface area contributed by atoms with Gasteiger partial charge in [0.15, 0.2) is 0 Å². The molecule has 1 aromatic heterocycles. The first-order valence-electron chi connectivity index (χ1n) is 7.54. The fourth-order valence-electron chi connectivity index (χ4n) is 2.85. The number of hydrogen-bond acceptors (Lipinski definition) is 3. The zero-order chi connectivity index (χ0) is 14.7. The highest BCUT2D eigenvalue weighted by Gasteiger charge is 2.19. The molecule has 0 radical (unpaired) electrons. The minimum atomic E-state index is 0.501. The lowest BCUT2D eigenvalue weighted by atomic mass is 10.0. The smallest absolute Gasteiger partial charge is 0.0877 e. The largest absolute Gasteiger partial charge is 0.380 e. The Kier molecular flexibility index (Phi) is 4.46. The first-order valence-corrected chi connectivity index (χ1v) is 7.92. The average molecular weight is 305 g/mol. The van der Waals surface area contributed by atoms with E-state index in [1.165, 1.54) is 12.8 Å². The summed E-state index contributed by atoms with van der Waals surface area (Å²) in [6, 6.07) is 8.34. The second kappa shape index (κ2) is 6.50. The number of anilines is 1. The van der Waals surface area contributed by atoms with Gasteiger partial charge in [-0.05, 0) is 43.7 Å². The van der Waals surface area contributed by atoms with Crippen molar-refractivity contribution in [1.29, 1.82) is 0 Å². The molecule has 112 valence electrons. The Balaban J connectivity index is 1.77. The summed E-state index contributed by atoms with van der Waals surface area (Å²) in [6.45, 7) is 5.68. The monoisotopic (exact) mass is 304 g/mol. The van der Waals surface area contributed by atoms with Gasteiger partial charge in [-0.3, -0.25) is 0 Å². The highest BCUT2D eigenvalue weighted by Crippen LogP contribution is 2.26. The summed E-state index contributed by atoms with van der Waals surface area (Å²) in [5.41, 5.74) is 2.10. The Morgan fingerprint density at radius 3 is 2.81 bits per heavy atom. The lowest BCUT2D eigenvalue weighted by molar-refractivity contribution is 0.229. The van der Waals surface area contributed by atoms with Gasteiger partial charge in [-0.2, -0.15) is 5.10 Å². The van der Waals surface area contributed by atoms with Crippen LogP contribution >= 0.6 is 11.6 Å². The van der Waals surface area contributed by atoms with Crippen molar-refractivity contribution < 1.29 is 0 Å². The van der Waals surface area contributed by atoms with E-state index in [1.807, 2.05) is 35.1 Å². The van der Waals surface area contributed by atoms with Gasteiger partial charge in [0.1, 0.15) is 0 Å². The SMILES string of the molecule is CCN1CCC(Nc2cc(Cl)ccc2-n2cccn2)CC1. The summed E-state index contributed by atoms with van der Waals surface area (Å²) >= 11 is 6.16. The normalized spacial score (nSPS) is 17.0. The molecule has 3 rings (SSSR count). The molecule has 1 N–H and O–H groups in total. The zero-order valence-electron chi connectivity index (χ0n) is 12.3. The second-order valence-corrected chi connectivity index (χ2v) is 5.90. The van der Waals surface area contributed by atoms with Crippen LogP contribution in [-0.2, 0) is 0 Å². The molecule has 21 heavy (non-hydrogen) atoms. The van der Waals surface area contributed by atoms with E-state index in [4.69, 9.17) is 11.6 Å². The van der Waals surface area contributed by atoms with Crippen molar-refractivity contribution in [2.24, 2.45) is 0 Å². The average Bonchev–Trinajstić information content (AvgIpc) is 3.02. The van der Waals surface area contributed by atoms with Gasteiger partial charge in [-0.1, -0.05) is 18.5 Å². The molecule has 0 amide bonds. The van der Waals surface area contributed by atoms with E-state index in [-0.39, 0.29) is 0 Å². The van der Waals surface area contributed by atoms with Crippen LogP contribution in [0.15, 0.2) is 36.7 Å². The molecular formula is C16H21ClN4. The van der Waals surface area contributed by atoms with E-state index < -0.39 is 0 Å². The summed E-state index contributed by atoms with van der Waals surface area (Å²) < 4.78 is 1.87. The highest BCUT2D eigenvalue weighted by molar-refractivity contribution is 6.31. The molecule has 5 heteroatoms. The molecule has 0 unspecified atom stereocenters. The van der Waals surface area contributed by atoms with Crippen LogP contribution in [0.4, 0.5) is 5.69 Å². The summed E-state index contributed by atoms with van der Waals surface area (Å²) in [5.74, 6) is 0. The van der Waals surface area contributed by atoms with Crippen molar-refractivity contribution in [3.63, 3.8) is 0 Å². The lowest BCUT2D eigenvalue weighted by Crippen LogP contribution is -2.39. The van der Waals surface area contributed by atoms with Crippen LogP contribution in [0.25, 0.3) is 5.69 Å². The standard InChI is InChI=1S/C16H21ClN4/c1-2-20-10-6-14(7-11-20)19-15-12-13(17)4-5-16(15)21-9-3-8-18-21/h3-5,8-9,12,14,19H,2,6-7,10-11H2,1H3. The molecular weight excluding hydrogens is 284 g/mol. The maximum Gasteiger partial charge on any atom is 0.0877 e. The molecule has 1 aliphatic heterocycles. The second-order valence-electron chi connectivity index (χ2n) is 5.46. The van der Waals surface area contributed by atoms with Crippen molar-refractivity contribution in [3.05, 3.63) is 41.7 Å². The number of rotatable bonds is 4. The number of aromatic nitrogens is 2. The number of benzene rings is 1. The topological polar surface area (TPSA) is 33.1 Å². The minimum absolute atomic E-state index is 0.501. The number of nitrogens with one attached hydrogen (secondary N) is 1. The predicted octanol–water partition coefficient (Wildman–Crippen LogP) is 3.42. The molecule has 0 bridgehead atoms. The maximum atomic E-state index is 6.16. The van der Waals surface area contributed by atoms with Crippen LogP contribution in [0.3, 0.4) is 0 Å². The minimum Gasteiger partial charge on any atom is -0.380 e. The van der Waals surface area contributed by atoms with Gasteiger partial charge < -0.3 is 10.2 Å². The van der Waals surface area contributed by atoms with Crippen LogP contribution in [-0.4, -0.2) is 40.4 Å². The molecule has 0 spiro atoms. The van der Waals surface area contributed by atoms with Gasteiger partial charge in [0.25, 0.3) is 0 Å². The molecule has 1 aliphatic rings. The molecule has 0 aliphatic carbocycles. The van der Waals surface area contributed by atoms with E-state index in [0.29, 0.717) is 6.04 Å². The van der Waals surface area contributed by atoms with Gasteiger partial charge in [-0.25, -0.2) is 4.68 Å². The molecule has 1 fully saturated rings. The maximum absolute atomic E-state index is 6.16. The molecule has 1 aromatic carbocycles. The quantitative estimate of drug-likeness (QED) is 0.939. The van der Waals surface area contributed by atoms with Crippen LogP contribution in [0.1, 0.15) is 19.8 Å². The molecule has 2 heterocycles. The summed E-state index contributed by atoms with van der Waals surface area (Å²) in [5, 5.41) is 8.72. The zero-order valence-corrected chi connectivity index (χ0v) is 13.1. The van der Waals surface area contributed by atoms with Crippen molar-refractivity contribution in [1.82, 2.24) is 14.7 Å². The number of piperidine rings is 1. The molecule has 0 saturated carbocycles. The summed E-state index contributed by atoms with van der Waals surface area (Å²) in [6.07, 6.45) is 6.07. The fourth-order valence-corrected chi connectivity index (χ4v) is 3.02. The van der Waals surface area contributed by atoms with Gasteiger partial charge in [-0.15, -0.1) is 0 Å². The Labute approximate surface area is 130 Å². The molecule has 0 atom stereocenters. The number of likely N-dealkylation sites (tertiary alicyclic amines) is 1. The summed E-state index contributed by atoms with van der Waals surface area (Å²) in [4.78, 5) is 2.49. The summed E-state index contributed by atoms with van der Waals surface area (Å²) in [7, 11) is 0. The Bertz CT molecular complexity index is 574. The third-order valence-corrected chi connectivity index (χ3v) is 4.34. The fraction of sp³-hybridized carbons (Fsp3) is 0.438. The third-order valence-electron chi connectivity index (χ3n) is 4.10. The van der Waals surface area contributed by atoms with E-state index in [1.54, 1.807) is 6.20 Å². The van der Waals surface area contributed by atoms with Gasteiger partial charge >= 0.3 is 0 Å². The first kappa shape index (κ1) is 14.4. The van der Waals surface area contributed by atoms with E-state index in [9.17, 15) is 0 Å². The Hall–Kier alpha value is -1.52. The van der Waals surface area contributed by atoms with Crippen LogP contribution in [0.5, 0.6) is 0 Å². The van der Waals surface area contributed by atoms with Crippen LogP contribution in [0, 0.1) is 0 Å². The van der Waals surface area contributed by atoms with Crippen molar-refractivity contribution in [2.75, 3.05) is 25.0 Å². The predicted molar refractivity (Wildman–Crippen MR) is 87.3 cm³/mol. The lowest BCUT2D eigenvalue weighted by Gasteiger charge is -2.32. The molecule has 1 saturated heterocycles. The number of nitrogens with zero attached hydrogens (tertiary/aromatic N) is 3. The van der Waals surface area contributed by atoms with Crippen molar-refractivity contribution in [2.45, 2.75) is 25.8 Å². The highest BCUT2D eigenvalue weighted by atomic mass is 35.5. The third kappa shape index (κ3) is 3.39. The van der Waals surface area contributed by atoms with Crippen molar-refractivity contribution in [3.8, 4) is 5.69 Å². The van der Waals surface area contributed by atoms with Gasteiger partial charge in [0, 0.05) is 36.5 Å². The van der Waals surface area contributed by atoms with E-state index in [0.717, 1.165) is 36.0 Å². The van der Waals surface area contributed by atoms with Gasteiger partial charge in [0.2, 0.25) is 0 Å².